The molecule has 3 heteroatoms. The lowest BCUT2D eigenvalue weighted by Crippen LogP contribution is -2.42. The molecule has 2 aromatic carbocycles. The summed E-state index contributed by atoms with van der Waals surface area (Å²) in [4.78, 5) is 14.6. The highest BCUT2D eigenvalue weighted by molar-refractivity contribution is 6.18. The third kappa shape index (κ3) is 1.43. The molecule has 0 fully saturated rings. The van der Waals surface area contributed by atoms with E-state index in [0.717, 1.165) is 22.0 Å². The van der Waals surface area contributed by atoms with E-state index >= 15 is 0 Å². The van der Waals surface area contributed by atoms with Crippen molar-refractivity contribution in [2.75, 3.05) is 11.9 Å². The van der Waals surface area contributed by atoms with Gasteiger partial charge in [-0.1, -0.05) is 48.6 Å². The highest BCUT2D eigenvalue weighted by Crippen LogP contribution is 2.47. The van der Waals surface area contributed by atoms with Crippen LogP contribution >= 0.6 is 0 Å². The van der Waals surface area contributed by atoms with Crippen molar-refractivity contribution >= 4 is 28.1 Å². The first kappa shape index (κ1) is 12.1. The number of rotatable bonds is 0. The smallest absolute Gasteiger partial charge is 0.245 e. The topological polar surface area (TPSA) is 45.9 Å². The second kappa shape index (κ2) is 3.92. The van der Waals surface area contributed by atoms with Crippen LogP contribution in [0, 0.1) is 0 Å². The van der Waals surface area contributed by atoms with Crippen LogP contribution in [0.4, 0.5) is 5.69 Å². The van der Waals surface area contributed by atoms with Gasteiger partial charge in [0.2, 0.25) is 5.91 Å². The van der Waals surface area contributed by atoms with Gasteiger partial charge >= 0.3 is 0 Å². The molecule has 21 heavy (non-hydrogen) atoms. The van der Waals surface area contributed by atoms with E-state index in [1.807, 2.05) is 43.5 Å². The van der Waals surface area contributed by atoms with Crippen LogP contribution in [0.1, 0.15) is 5.56 Å². The number of carbonyl (C=O) groups is 1. The molecule has 2 N–H and O–H groups in total. The van der Waals surface area contributed by atoms with Gasteiger partial charge in [0.1, 0.15) is 5.41 Å². The summed E-state index contributed by atoms with van der Waals surface area (Å²) in [5.74, 6) is 0.0638. The maximum atomic E-state index is 12.9. The van der Waals surface area contributed by atoms with E-state index in [-0.39, 0.29) is 5.91 Å². The Morgan fingerprint density at radius 1 is 1.05 bits per heavy atom. The van der Waals surface area contributed by atoms with E-state index in [4.69, 9.17) is 5.41 Å². The van der Waals surface area contributed by atoms with Crippen LogP contribution in [-0.4, -0.2) is 18.7 Å². The summed E-state index contributed by atoms with van der Waals surface area (Å²) in [5.41, 5.74) is 1.98. The summed E-state index contributed by atoms with van der Waals surface area (Å²) < 4.78 is 0. The number of hydrogen-bond donors (Lipinski definition) is 1. The maximum absolute atomic E-state index is 12.9. The fourth-order valence-corrected chi connectivity index (χ4v) is 3.33. The molecule has 0 bridgehead atoms. The summed E-state index contributed by atoms with van der Waals surface area (Å²) in [5, 5.41) is 8.04. The third-order valence-electron chi connectivity index (χ3n) is 4.42. The van der Waals surface area contributed by atoms with Gasteiger partial charge in [-0.2, -0.15) is 0 Å². The van der Waals surface area contributed by atoms with Crippen LogP contribution in [0.25, 0.3) is 10.8 Å². The fourth-order valence-electron chi connectivity index (χ4n) is 3.33. The Labute approximate surface area is 122 Å². The molecule has 3 nitrogen and oxygen atoms in total. The van der Waals surface area contributed by atoms with Crippen molar-refractivity contribution in [1.29, 1.82) is 0 Å². The van der Waals surface area contributed by atoms with Crippen molar-refractivity contribution in [2.24, 2.45) is 0 Å². The van der Waals surface area contributed by atoms with Crippen molar-refractivity contribution < 1.29 is 10.2 Å². The zero-order valence-corrected chi connectivity index (χ0v) is 11.7. The molecule has 0 aromatic heterocycles. The monoisotopic (exact) mass is 275 g/mol. The first-order valence-corrected chi connectivity index (χ1v) is 6.95. The number of fused-ring (bicyclic) bond motifs is 4. The fraction of sp³-hybridized carbons (Fsp3) is 0.111. The van der Waals surface area contributed by atoms with Gasteiger partial charge < -0.3 is 4.90 Å². The van der Waals surface area contributed by atoms with E-state index in [1.165, 1.54) is 0 Å². The van der Waals surface area contributed by atoms with Gasteiger partial charge in [0.25, 0.3) is 0 Å². The lowest BCUT2D eigenvalue weighted by molar-refractivity contribution is -0.120. The molecule has 102 valence electrons. The van der Waals surface area contributed by atoms with E-state index in [0.29, 0.717) is 5.71 Å². The number of allylic oxidation sites excluding steroid dienone is 2. The Bertz CT molecular complexity index is 845. The van der Waals surface area contributed by atoms with Crippen LogP contribution in [0.3, 0.4) is 0 Å². The van der Waals surface area contributed by atoms with E-state index in [9.17, 15) is 4.79 Å². The molecular formula is C18H15N2O+. The molecule has 0 radical (unpaired) electrons. The minimum Gasteiger partial charge on any atom is -0.313 e. The number of hydrogen-bond acceptors (Lipinski definition) is 1. The molecule has 1 aliphatic heterocycles. The Morgan fingerprint density at radius 2 is 1.76 bits per heavy atom. The number of nitrogens with zero attached hydrogens (tertiary/aromatic N) is 1. The molecule has 4 rings (SSSR count). The Balaban J connectivity index is 2.07. The number of amides is 1. The third-order valence-corrected chi connectivity index (χ3v) is 4.42. The molecule has 0 saturated heterocycles. The lowest BCUT2D eigenvalue weighted by Gasteiger charge is -2.21. The van der Waals surface area contributed by atoms with E-state index < -0.39 is 5.41 Å². The number of anilines is 1. The zero-order valence-electron chi connectivity index (χ0n) is 11.7. The minimum atomic E-state index is -0.711. The molecule has 2 aliphatic rings. The zero-order chi connectivity index (χ0) is 14.6. The predicted octanol–water partition coefficient (Wildman–Crippen LogP) is 1.38. The molecule has 1 aliphatic carbocycles. The molecular weight excluding hydrogens is 260 g/mol. The highest BCUT2D eigenvalue weighted by atomic mass is 16.2. The van der Waals surface area contributed by atoms with Crippen LogP contribution in [0.15, 0.2) is 60.7 Å². The quantitative estimate of drug-likeness (QED) is 0.775. The van der Waals surface area contributed by atoms with Crippen molar-refractivity contribution in [3.05, 3.63) is 66.3 Å². The summed E-state index contributed by atoms with van der Waals surface area (Å²) in [6.45, 7) is 0. The summed E-state index contributed by atoms with van der Waals surface area (Å²) in [7, 11) is 1.84. The summed E-state index contributed by atoms with van der Waals surface area (Å²) in [6.07, 6.45) is 7.44. The standard InChI is InChI=1S/C18H14N2O/c1-20-16-14-5-3-2-4-12(14)6-7-15(16)18(17(20)21)10-8-13(19)9-11-18/h2-11,19H,1H3/p+1. The van der Waals surface area contributed by atoms with Crippen molar-refractivity contribution in [2.45, 2.75) is 5.41 Å². The number of likely N-dealkylation sites (N-methyl/N-ethyl adjacent to an activating group) is 1. The Kier molecular flexibility index (Phi) is 2.25. The van der Waals surface area contributed by atoms with Crippen molar-refractivity contribution in [3.63, 3.8) is 0 Å². The van der Waals surface area contributed by atoms with E-state index in [2.05, 4.69) is 24.3 Å². The minimum absolute atomic E-state index is 0.0638. The lowest BCUT2D eigenvalue weighted by atomic mass is 9.78. The molecule has 0 atom stereocenters. The van der Waals surface area contributed by atoms with Gasteiger partial charge in [0, 0.05) is 24.6 Å². The molecule has 1 spiro atoms. The summed E-state index contributed by atoms with van der Waals surface area (Å²) in [6, 6.07) is 12.3. The SMILES string of the molecule is CN1C(=O)C2(C=CC(=[NH2+])C=C2)c2ccc3ccccc3c21. The van der Waals surface area contributed by atoms with Crippen molar-refractivity contribution in [1.82, 2.24) is 0 Å². The molecule has 0 unspecified atom stereocenters. The van der Waals surface area contributed by atoms with E-state index in [1.54, 1.807) is 4.90 Å². The van der Waals surface area contributed by atoms with Crippen molar-refractivity contribution in [3.8, 4) is 0 Å². The molecule has 1 amide bonds. The molecule has 0 saturated carbocycles. The summed E-state index contributed by atoms with van der Waals surface area (Å²) >= 11 is 0. The number of nitrogens with two attached hydrogens (primary N) is 1. The second-order valence-corrected chi connectivity index (χ2v) is 5.58. The van der Waals surface area contributed by atoms with Crippen LogP contribution in [-0.2, 0) is 10.2 Å². The van der Waals surface area contributed by atoms with Crippen LogP contribution in [0.5, 0.6) is 0 Å². The normalized spacial score (nSPS) is 18.8. The van der Waals surface area contributed by atoms with Gasteiger partial charge in [-0.25, -0.2) is 0 Å². The number of carbonyl (C=O) groups excluding carboxylic acids is 1. The molecule has 1 heterocycles. The number of benzene rings is 2. The molecule has 2 aromatic rings. The van der Waals surface area contributed by atoms with Gasteiger partial charge in [-0.05, 0) is 10.9 Å². The van der Waals surface area contributed by atoms with Gasteiger partial charge in [-0.3, -0.25) is 10.2 Å². The predicted molar refractivity (Wildman–Crippen MR) is 84.2 cm³/mol. The van der Waals surface area contributed by atoms with Crippen LogP contribution in [0.2, 0.25) is 0 Å². The second-order valence-electron chi connectivity index (χ2n) is 5.58. The first-order chi connectivity index (χ1) is 10.1. The Morgan fingerprint density at radius 3 is 2.52 bits per heavy atom. The average molecular weight is 275 g/mol. The average Bonchev–Trinajstić information content (AvgIpc) is 2.73. The van der Waals surface area contributed by atoms with Gasteiger partial charge in [-0.15, -0.1) is 0 Å². The first-order valence-electron chi connectivity index (χ1n) is 6.95. The van der Waals surface area contributed by atoms with Crippen LogP contribution < -0.4 is 10.3 Å². The van der Waals surface area contributed by atoms with Gasteiger partial charge in [0.05, 0.1) is 5.69 Å². The highest BCUT2D eigenvalue weighted by Gasteiger charge is 2.47. The van der Waals surface area contributed by atoms with Gasteiger partial charge in [0.15, 0.2) is 5.71 Å². The largest absolute Gasteiger partial charge is 0.313 e. The Hall–Kier alpha value is -2.68. The maximum Gasteiger partial charge on any atom is 0.245 e.